The Morgan fingerprint density at radius 1 is 0.429 bits per heavy atom. The molecule has 0 heterocycles. The molecule has 0 spiro atoms. The highest BCUT2D eigenvalue weighted by atomic mass is 31.2. The van der Waals surface area contributed by atoms with E-state index >= 15 is 0 Å². The van der Waals surface area contributed by atoms with Crippen LogP contribution in [0.4, 0.5) is 0 Å². The highest BCUT2D eigenvalue weighted by Crippen LogP contribution is 2.88. The second-order valence-electron chi connectivity index (χ2n) is 12.4. The van der Waals surface area contributed by atoms with E-state index in [0.29, 0.717) is 30.9 Å². The van der Waals surface area contributed by atoms with E-state index in [-0.39, 0.29) is 7.92 Å². The van der Waals surface area contributed by atoms with E-state index in [1.165, 1.54) is 77.0 Å². The molecule has 4 heteroatoms. The monoisotopic (exact) mass is 460 g/mol. The van der Waals surface area contributed by atoms with E-state index in [1.807, 2.05) is 0 Å². The molecule has 3 rings (SSSR count). The molecule has 164 valence electrons. The van der Waals surface area contributed by atoms with Gasteiger partial charge in [0.2, 0.25) is 0 Å². The van der Waals surface area contributed by atoms with Crippen molar-refractivity contribution in [3.05, 3.63) is 0 Å². The fourth-order valence-electron chi connectivity index (χ4n) is 6.86. The highest BCUT2D eigenvalue weighted by molar-refractivity contribution is 7.79. The Balaban J connectivity index is 2.23. The van der Waals surface area contributed by atoms with Gasteiger partial charge in [-0.25, -0.2) is 0 Å². The molecule has 28 heavy (non-hydrogen) atoms. The van der Waals surface area contributed by atoms with E-state index in [0.717, 1.165) is 0 Å². The van der Waals surface area contributed by atoms with Crippen molar-refractivity contribution in [1.29, 1.82) is 0 Å². The molecular weight excluding hydrogens is 412 g/mol. The maximum Gasteiger partial charge on any atom is 0.0116 e. The first-order chi connectivity index (χ1) is 12.7. The number of hydrogen-bond acceptors (Lipinski definition) is 0. The first-order valence-electron chi connectivity index (χ1n) is 11.9. The highest BCUT2D eigenvalue weighted by Gasteiger charge is 2.66. The summed E-state index contributed by atoms with van der Waals surface area (Å²) in [5.74, 6) is 0. The van der Waals surface area contributed by atoms with Crippen molar-refractivity contribution in [1.82, 2.24) is 0 Å². The second kappa shape index (κ2) is 7.94. The quantitative estimate of drug-likeness (QED) is 0.369. The Labute approximate surface area is 185 Å². The van der Waals surface area contributed by atoms with Crippen LogP contribution in [0.1, 0.15) is 119 Å². The summed E-state index contributed by atoms with van der Waals surface area (Å²) < 4.78 is 0. The number of rotatable bonds is 3. The van der Waals surface area contributed by atoms with Gasteiger partial charge in [-0.15, -0.1) is 27.7 Å². The standard InChI is InChI=1S/C24H48P4/c1-19(2)13-7-10-16-22(19,25)28(23(26)17-11-8-14-20(23,3)4)24(27)18-12-9-15-21(24,5)6/h7-18,25-27H2,1-6H3. The molecule has 3 aliphatic rings. The molecule has 0 amide bonds. The topological polar surface area (TPSA) is 0 Å². The van der Waals surface area contributed by atoms with Gasteiger partial charge in [-0.2, -0.15) is 0 Å². The minimum absolute atomic E-state index is 0.236. The van der Waals surface area contributed by atoms with Crippen molar-refractivity contribution in [3.8, 4) is 0 Å². The molecule has 0 aromatic rings. The average Bonchev–Trinajstić information content (AvgIpc) is 2.56. The molecule has 0 aliphatic heterocycles. The van der Waals surface area contributed by atoms with Gasteiger partial charge in [-0.05, 0) is 54.8 Å². The second-order valence-corrected chi connectivity index (χ2v) is 19.9. The summed E-state index contributed by atoms with van der Waals surface area (Å²) >= 11 is 0. The summed E-state index contributed by atoms with van der Waals surface area (Å²) in [6.07, 6.45) is 17.0. The summed E-state index contributed by atoms with van der Waals surface area (Å²) in [5, 5.41) is 0. The smallest absolute Gasteiger partial charge is 0.0116 e. The molecule has 6 unspecified atom stereocenters. The van der Waals surface area contributed by atoms with Crippen molar-refractivity contribution in [3.63, 3.8) is 0 Å². The maximum absolute atomic E-state index is 3.59. The average molecular weight is 461 g/mol. The Bertz CT molecular complexity index is 502. The van der Waals surface area contributed by atoms with Gasteiger partial charge in [0.25, 0.3) is 0 Å². The Kier molecular flexibility index (Phi) is 6.91. The summed E-state index contributed by atoms with van der Waals surface area (Å²) in [5.41, 5.74) is 1.24. The zero-order valence-corrected chi connectivity index (χ0v) is 24.0. The molecule has 3 aliphatic carbocycles. The maximum atomic E-state index is 3.59. The Morgan fingerprint density at radius 2 is 0.643 bits per heavy atom. The molecule has 0 aromatic carbocycles. The first-order valence-corrected chi connectivity index (χ1v) is 15.0. The molecule has 6 atom stereocenters. The lowest BCUT2D eigenvalue weighted by molar-refractivity contribution is 0.182. The SMILES string of the molecule is CC1(C)CCCCC1(P)P(C1(P)CCCCC1(C)C)C1(P)CCCCC1(C)C. The molecule has 0 saturated heterocycles. The Hall–Kier alpha value is 1.72. The third-order valence-electron chi connectivity index (χ3n) is 9.54. The molecule has 0 nitrogen and oxygen atoms in total. The minimum atomic E-state index is -0.236. The third-order valence-corrected chi connectivity index (χ3v) is 20.0. The van der Waals surface area contributed by atoms with Crippen LogP contribution in [-0.2, 0) is 0 Å². The van der Waals surface area contributed by atoms with Crippen LogP contribution in [0.5, 0.6) is 0 Å². The lowest BCUT2D eigenvalue weighted by atomic mass is 9.75. The van der Waals surface area contributed by atoms with Crippen LogP contribution in [0.15, 0.2) is 0 Å². The molecule has 0 aromatic heterocycles. The van der Waals surface area contributed by atoms with Crippen molar-refractivity contribution < 1.29 is 0 Å². The summed E-state index contributed by atoms with van der Waals surface area (Å²) in [6.45, 7) is 15.7. The fourth-order valence-corrected chi connectivity index (χ4v) is 18.8. The van der Waals surface area contributed by atoms with Gasteiger partial charge in [0.1, 0.15) is 0 Å². The van der Waals surface area contributed by atoms with Crippen LogP contribution < -0.4 is 0 Å². The van der Waals surface area contributed by atoms with E-state index in [9.17, 15) is 0 Å². The molecule has 0 bridgehead atoms. The van der Waals surface area contributed by atoms with E-state index in [1.54, 1.807) is 0 Å². The van der Waals surface area contributed by atoms with Crippen molar-refractivity contribution in [2.45, 2.75) is 133 Å². The van der Waals surface area contributed by atoms with E-state index in [4.69, 9.17) is 0 Å². The zero-order chi connectivity index (χ0) is 21.1. The predicted molar refractivity (Wildman–Crippen MR) is 141 cm³/mol. The Morgan fingerprint density at radius 3 is 0.857 bits per heavy atom. The van der Waals surface area contributed by atoms with Crippen LogP contribution >= 0.6 is 35.6 Å². The van der Waals surface area contributed by atoms with Gasteiger partial charge in [-0.1, -0.05) is 88.0 Å². The van der Waals surface area contributed by atoms with Crippen LogP contribution in [0.2, 0.25) is 0 Å². The van der Waals surface area contributed by atoms with Crippen molar-refractivity contribution in [2.75, 3.05) is 0 Å². The summed E-state index contributed by atoms with van der Waals surface area (Å²) in [4.78, 5) is 1.15. The van der Waals surface area contributed by atoms with Crippen LogP contribution in [-0.4, -0.2) is 14.7 Å². The lowest BCUT2D eigenvalue weighted by Gasteiger charge is -2.70. The zero-order valence-electron chi connectivity index (χ0n) is 19.7. The van der Waals surface area contributed by atoms with E-state index in [2.05, 4.69) is 69.3 Å². The predicted octanol–water partition coefficient (Wildman–Crippen LogP) is 8.98. The fraction of sp³-hybridized carbons (Fsp3) is 1.00. The molecule has 3 fully saturated rings. The van der Waals surface area contributed by atoms with E-state index < -0.39 is 0 Å². The summed E-state index contributed by atoms with van der Waals surface area (Å²) in [7, 11) is 10.5. The van der Waals surface area contributed by atoms with Crippen molar-refractivity contribution in [2.24, 2.45) is 16.2 Å². The molecule has 3 saturated carbocycles. The minimum Gasteiger partial charge on any atom is -0.126 e. The summed E-state index contributed by atoms with van der Waals surface area (Å²) in [6, 6.07) is 0. The van der Waals surface area contributed by atoms with Crippen molar-refractivity contribution >= 4 is 35.6 Å². The molecule has 0 radical (unpaired) electrons. The van der Waals surface area contributed by atoms with Gasteiger partial charge in [-0.3, -0.25) is 0 Å². The largest absolute Gasteiger partial charge is 0.126 e. The van der Waals surface area contributed by atoms with Gasteiger partial charge in [0, 0.05) is 14.7 Å². The molecular formula is C24H48P4. The van der Waals surface area contributed by atoms with Crippen LogP contribution in [0.3, 0.4) is 0 Å². The van der Waals surface area contributed by atoms with Crippen LogP contribution in [0.25, 0.3) is 0 Å². The van der Waals surface area contributed by atoms with Gasteiger partial charge in [0.05, 0.1) is 0 Å². The van der Waals surface area contributed by atoms with Gasteiger partial charge < -0.3 is 0 Å². The lowest BCUT2D eigenvalue weighted by Crippen LogP contribution is -2.57. The van der Waals surface area contributed by atoms with Gasteiger partial charge >= 0.3 is 0 Å². The third kappa shape index (κ3) is 3.64. The first kappa shape index (κ1) is 24.4. The number of hydrogen-bond donors (Lipinski definition) is 0. The normalized spacial score (nSPS) is 44.0. The molecule has 0 N–H and O–H groups in total. The van der Waals surface area contributed by atoms with Gasteiger partial charge in [0.15, 0.2) is 0 Å². The van der Waals surface area contributed by atoms with Crippen LogP contribution in [0, 0.1) is 16.2 Å².